The van der Waals surface area contributed by atoms with Gasteiger partial charge in [0.2, 0.25) is 0 Å². The zero-order valence-electron chi connectivity index (χ0n) is 10.4. The zero-order chi connectivity index (χ0) is 14.2. The minimum atomic E-state index is -4.34. The van der Waals surface area contributed by atoms with E-state index in [0.717, 1.165) is 12.1 Å². The molecule has 2 N–H and O–H groups in total. The quantitative estimate of drug-likeness (QED) is 0.861. The minimum absolute atomic E-state index is 0.293. The summed E-state index contributed by atoms with van der Waals surface area (Å²) in [5, 5.41) is 0. The molecule has 0 spiro atoms. The molecule has 0 unspecified atom stereocenters. The Morgan fingerprint density at radius 1 is 1.05 bits per heavy atom. The maximum atomic E-state index is 12.6. The lowest BCUT2D eigenvalue weighted by atomic mass is 10.0. The van der Waals surface area contributed by atoms with Gasteiger partial charge in [0.1, 0.15) is 11.6 Å². The second kappa shape index (κ2) is 4.53. The first kappa shape index (κ1) is 13.3. The van der Waals surface area contributed by atoms with Crippen LogP contribution in [0.25, 0.3) is 11.3 Å². The van der Waals surface area contributed by atoms with Gasteiger partial charge in [-0.2, -0.15) is 13.2 Å². The van der Waals surface area contributed by atoms with Crippen LogP contribution in [-0.2, 0) is 6.18 Å². The first-order valence-electron chi connectivity index (χ1n) is 5.57. The average molecular weight is 267 g/mol. The monoisotopic (exact) mass is 267 g/mol. The van der Waals surface area contributed by atoms with Crippen LogP contribution in [0, 0.1) is 13.8 Å². The Morgan fingerprint density at radius 2 is 1.74 bits per heavy atom. The lowest BCUT2D eigenvalue weighted by Gasteiger charge is -2.11. The van der Waals surface area contributed by atoms with Gasteiger partial charge in [-0.25, -0.2) is 9.97 Å². The summed E-state index contributed by atoms with van der Waals surface area (Å²) in [5.74, 6) is 0.774. The Morgan fingerprint density at radius 3 is 2.26 bits per heavy atom. The van der Waals surface area contributed by atoms with E-state index in [0.29, 0.717) is 28.5 Å². The summed E-state index contributed by atoms with van der Waals surface area (Å²) in [4.78, 5) is 8.12. The first-order chi connectivity index (χ1) is 8.77. The Hall–Kier alpha value is -2.11. The van der Waals surface area contributed by atoms with E-state index in [4.69, 9.17) is 5.73 Å². The molecule has 2 aromatic rings. The molecule has 0 atom stereocenters. The maximum absolute atomic E-state index is 12.6. The van der Waals surface area contributed by atoms with Crippen molar-refractivity contribution in [2.75, 3.05) is 5.73 Å². The highest BCUT2D eigenvalue weighted by atomic mass is 19.4. The molecule has 1 heterocycles. The van der Waals surface area contributed by atoms with Crippen LogP contribution < -0.4 is 5.73 Å². The van der Waals surface area contributed by atoms with Crippen molar-refractivity contribution in [3.05, 3.63) is 41.2 Å². The third-order valence-corrected chi connectivity index (χ3v) is 2.69. The Labute approximate surface area is 108 Å². The smallest absolute Gasteiger partial charge is 0.384 e. The molecule has 0 fully saturated rings. The summed E-state index contributed by atoms with van der Waals surface area (Å²) in [6, 6.07) is 5.08. The SMILES string of the molecule is Cc1nc(N)cc(-c2ccc(C(F)(F)F)cc2C)n1. The molecular formula is C13H12F3N3. The summed E-state index contributed by atoms with van der Waals surface area (Å²) in [6.07, 6.45) is -4.34. The van der Waals surface area contributed by atoms with Gasteiger partial charge >= 0.3 is 6.18 Å². The molecule has 19 heavy (non-hydrogen) atoms. The fraction of sp³-hybridized carbons (Fsp3) is 0.231. The molecule has 0 aliphatic heterocycles. The predicted molar refractivity (Wildman–Crippen MR) is 66.4 cm³/mol. The Balaban J connectivity index is 2.52. The molecule has 0 bridgehead atoms. The minimum Gasteiger partial charge on any atom is -0.384 e. The summed E-state index contributed by atoms with van der Waals surface area (Å²) >= 11 is 0. The second-order valence-corrected chi connectivity index (χ2v) is 4.25. The lowest BCUT2D eigenvalue weighted by Crippen LogP contribution is -2.05. The maximum Gasteiger partial charge on any atom is 0.416 e. The summed E-state index contributed by atoms with van der Waals surface area (Å²) in [5.41, 5.74) is 6.57. The number of nitrogens with zero attached hydrogens (tertiary/aromatic N) is 2. The van der Waals surface area contributed by atoms with Crippen molar-refractivity contribution < 1.29 is 13.2 Å². The molecule has 0 amide bonds. The van der Waals surface area contributed by atoms with Gasteiger partial charge in [-0.3, -0.25) is 0 Å². The molecule has 3 nitrogen and oxygen atoms in total. The van der Waals surface area contributed by atoms with E-state index in [1.165, 1.54) is 6.07 Å². The molecule has 0 saturated carbocycles. The number of rotatable bonds is 1. The predicted octanol–water partition coefficient (Wildman–Crippen LogP) is 3.36. The second-order valence-electron chi connectivity index (χ2n) is 4.25. The highest BCUT2D eigenvalue weighted by Gasteiger charge is 2.30. The molecule has 0 aliphatic rings. The summed E-state index contributed by atoms with van der Waals surface area (Å²) in [7, 11) is 0. The van der Waals surface area contributed by atoms with Crippen molar-refractivity contribution >= 4 is 5.82 Å². The van der Waals surface area contributed by atoms with Gasteiger partial charge in [-0.1, -0.05) is 6.07 Å². The highest BCUT2D eigenvalue weighted by Crippen LogP contribution is 2.32. The van der Waals surface area contributed by atoms with Crippen LogP contribution in [-0.4, -0.2) is 9.97 Å². The molecule has 0 aliphatic carbocycles. The van der Waals surface area contributed by atoms with E-state index in [9.17, 15) is 13.2 Å². The van der Waals surface area contributed by atoms with Gasteiger partial charge in [0.05, 0.1) is 11.3 Å². The number of aryl methyl sites for hydroxylation is 2. The summed E-state index contributed by atoms with van der Waals surface area (Å²) < 4.78 is 37.8. The lowest BCUT2D eigenvalue weighted by molar-refractivity contribution is -0.137. The van der Waals surface area contributed by atoms with Crippen molar-refractivity contribution in [2.24, 2.45) is 0 Å². The number of aromatic nitrogens is 2. The number of halogens is 3. The zero-order valence-corrected chi connectivity index (χ0v) is 10.4. The van der Waals surface area contributed by atoms with Crippen molar-refractivity contribution in [3.63, 3.8) is 0 Å². The normalized spacial score (nSPS) is 11.6. The van der Waals surface area contributed by atoms with Gasteiger partial charge in [-0.05, 0) is 31.5 Å². The van der Waals surface area contributed by atoms with E-state index in [1.54, 1.807) is 19.9 Å². The highest BCUT2D eigenvalue weighted by molar-refractivity contribution is 5.66. The van der Waals surface area contributed by atoms with E-state index in [-0.39, 0.29) is 0 Å². The number of anilines is 1. The number of hydrogen-bond donors (Lipinski definition) is 1. The Kier molecular flexibility index (Phi) is 3.18. The fourth-order valence-electron chi connectivity index (χ4n) is 1.86. The van der Waals surface area contributed by atoms with Gasteiger partial charge in [0.25, 0.3) is 0 Å². The fourth-order valence-corrected chi connectivity index (χ4v) is 1.86. The van der Waals surface area contributed by atoms with Crippen molar-refractivity contribution in [1.29, 1.82) is 0 Å². The van der Waals surface area contributed by atoms with Crippen molar-refractivity contribution in [1.82, 2.24) is 9.97 Å². The van der Waals surface area contributed by atoms with Gasteiger partial charge in [-0.15, -0.1) is 0 Å². The van der Waals surface area contributed by atoms with Crippen LogP contribution in [0.3, 0.4) is 0 Å². The van der Waals surface area contributed by atoms with Crippen molar-refractivity contribution in [3.8, 4) is 11.3 Å². The van der Waals surface area contributed by atoms with Crippen LogP contribution in [0.2, 0.25) is 0 Å². The molecular weight excluding hydrogens is 255 g/mol. The van der Waals surface area contributed by atoms with Gasteiger partial charge < -0.3 is 5.73 Å². The topological polar surface area (TPSA) is 51.8 Å². The molecule has 1 aromatic heterocycles. The largest absolute Gasteiger partial charge is 0.416 e. The molecule has 1 aromatic carbocycles. The number of alkyl halides is 3. The Bertz CT molecular complexity index is 601. The molecule has 0 radical (unpaired) electrons. The number of nitrogens with two attached hydrogens (primary N) is 1. The van der Waals surface area contributed by atoms with E-state index < -0.39 is 11.7 Å². The average Bonchev–Trinajstić information content (AvgIpc) is 2.26. The molecule has 6 heteroatoms. The molecule has 0 saturated heterocycles. The number of benzene rings is 1. The first-order valence-corrected chi connectivity index (χ1v) is 5.57. The van der Waals surface area contributed by atoms with E-state index in [1.807, 2.05) is 0 Å². The van der Waals surface area contributed by atoms with Crippen LogP contribution in [0.15, 0.2) is 24.3 Å². The third-order valence-electron chi connectivity index (χ3n) is 2.69. The number of nitrogen functional groups attached to an aromatic ring is 1. The van der Waals surface area contributed by atoms with Crippen LogP contribution in [0.1, 0.15) is 17.0 Å². The van der Waals surface area contributed by atoms with Gasteiger partial charge in [0, 0.05) is 11.6 Å². The standard InChI is InChI=1S/C13H12F3N3/c1-7-5-9(13(14,15)16)3-4-10(7)11-6-12(17)19-8(2)18-11/h3-6H,1-2H3,(H2,17,18,19). The van der Waals surface area contributed by atoms with Crippen molar-refractivity contribution in [2.45, 2.75) is 20.0 Å². The van der Waals surface area contributed by atoms with Crippen LogP contribution in [0.4, 0.5) is 19.0 Å². The molecule has 100 valence electrons. The van der Waals surface area contributed by atoms with Gasteiger partial charge in [0.15, 0.2) is 0 Å². The summed E-state index contributed by atoms with van der Waals surface area (Å²) in [6.45, 7) is 3.29. The third kappa shape index (κ3) is 2.83. The van der Waals surface area contributed by atoms with Crippen LogP contribution >= 0.6 is 0 Å². The molecule has 2 rings (SSSR count). The van der Waals surface area contributed by atoms with Crippen LogP contribution in [0.5, 0.6) is 0 Å². The van der Waals surface area contributed by atoms with E-state index >= 15 is 0 Å². The van der Waals surface area contributed by atoms with E-state index in [2.05, 4.69) is 9.97 Å². The number of hydrogen-bond acceptors (Lipinski definition) is 3.